The third-order valence-electron chi connectivity index (χ3n) is 7.16. The van der Waals surface area contributed by atoms with E-state index in [4.69, 9.17) is 9.47 Å². The summed E-state index contributed by atoms with van der Waals surface area (Å²) in [5.74, 6) is -0.680. The minimum Gasteiger partial charge on any atom is -0.497 e. The monoisotopic (exact) mass is 409 g/mol. The van der Waals surface area contributed by atoms with Gasteiger partial charge in [-0.1, -0.05) is 24.3 Å². The van der Waals surface area contributed by atoms with E-state index in [0.29, 0.717) is 23.1 Å². The second-order valence-electron chi connectivity index (χ2n) is 8.64. The van der Waals surface area contributed by atoms with Gasteiger partial charge in [0.25, 0.3) is 0 Å². The van der Waals surface area contributed by atoms with Crippen molar-refractivity contribution in [2.24, 2.45) is 35.5 Å². The highest BCUT2D eigenvalue weighted by Crippen LogP contribution is 2.65. The predicted molar refractivity (Wildman–Crippen MR) is 104 cm³/mol. The number of hydrogen-bond donors (Lipinski definition) is 0. The van der Waals surface area contributed by atoms with E-state index in [1.165, 1.54) is 14.0 Å². The summed E-state index contributed by atoms with van der Waals surface area (Å²) in [6.45, 7) is 1.03. The first kappa shape index (κ1) is 19.0. The molecule has 4 aliphatic carbocycles. The standard InChI is InChI=1S/C23H23NO6/c1-11(23(28)30-10-18(25)12-4-3-5-13(8-12)29-2)24-21(26)19-14-6-7-15(17-9-16(14)17)20(19)22(24)27/h3-8,11,14-17,19-20H,9-10H2,1-2H3/t11-,14-,15-,16-,17+,19+,20+/m0/s1. The van der Waals surface area contributed by atoms with E-state index < -0.39 is 18.6 Å². The van der Waals surface area contributed by atoms with Crippen molar-refractivity contribution in [2.75, 3.05) is 13.7 Å². The maximum atomic E-state index is 13.1. The molecule has 7 atom stereocenters. The molecule has 0 spiro atoms. The van der Waals surface area contributed by atoms with Crippen LogP contribution in [0.3, 0.4) is 0 Å². The molecule has 7 nitrogen and oxygen atoms in total. The Hall–Kier alpha value is -2.96. The van der Waals surface area contributed by atoms with Crippen LogP contribution < -0.4 is 4.74 Å². The molecule has 2 bridgehead atoms. The SMILES string of the molecule is COc1cccc(C(=O)COC(=O)[C@H](C)N2C(=O)[C@@H]3[C@H]4C=C[C@@H]([C@@H]5C[C@H]45)[C@H]3C2=O)c1. The number of rotatable bonds is 6. The molecule has 0 radical (unpaired) electrons. The number of nitrogens with zero attached hydrogens (tertiary/aromatic N) is 1. The highest BCUT2D eigenvalue weighted by atomic mass is 16.5. The summed E-state index contributed by atoms with van der Waals surface area (Å²) in [6.07, 6.45) is 5.26. The number of benzene rings is 1. The zero-order chi connectivity index (χ0) is 21.2. The number of allylic oxidation sites excluding steroid dienone is 2. The van der Waals surface area contributed by atoms with E-state index in [0.717, 1.165) is 11.3 Å². The Morgan fingerprint density at radius 1 is 1.10 bits per heavy atom. The summed E-state index contributed by atoms with van der Waals surface area (Å²) in [4.78, 5) is 52.1. The molecule has 3 fully saturated rings. The van der Waals surface area contributed by atoms with Gasteiger partial charge in [-0.3, -0.25) is 19.3 Å². The molecular formula is C23H23NO6. The topological polar surface area (TPSA) is 90.0 Å². The number of Topliss-reactive ketones (excluding diaryl/α,β-unsaturated/α-hetero) is 1. The Morgan fingerprint density at radius 3 is 2.33 bits per heavy atom. The maximum absolute atomic E-state index is 13.1. The number of ketones is 1. The summed E-state index contributed by atoms with van der Waals surface area (Å²) in [5, 5.41) is 0. The summed E-state index contributed by atoms with van der Waals surface area (Å²) in [7, 11) is 1.50. The largest absolute Gasteiger partial charge is 0.497 e. The molecule has 7 heteroatoms. The summed E-state index contributed by atoms with van der Waals surface area (Å²) >= 11 is 0. The average molecular weight is 409 g/mol. The molecule has 6 rings (SSSR count). The van der Waals surface area contributed by atoms with E-state index >= 15 is 0 Å². The Balaban J connectivity index is 1.25. The van der Waals surface area contributed by atoms with Crippen LogP contribution in [0.25, 0.3) is 0 Å². The normalized spacial score (nSPS) is 33.7. The summed E-state index contributed by atoms with van der Waals surface area (Å²) in [6, 6.07) is 5.50. The molecule has 1 heterocycles. The molecule has 1 aliphatic heterocycles. The predicted octanol–water partition coefficient (Wildman–Crippen LogP) is 1.86. The highest BCUT2D eigenvalue weighted by molar-refractivity contribution is 6.09. The van der Waals surface area contributed by atoms with Gasteiger partial charge in [-0.25, -0.2) is 4.79 Å². The minimum absolute atomic E-state index is 0.101. The average Bonchev–Trinajstić information content (AvgIpc) is 3.54. The molecule has 30 heavy (non-hydrogen) atoms. The fraction of sp³-hybridized carbons (Fsp3) is 0.478. The molecule has 1 saturated heterocycles. The van der Waals surface area contributed by atoms with Crippen molar-refractivity contribution in [1.29, 1.82) is 0 Å². The third kappa shape index (κ3) is 2.71. The van der Waals surface area contributed by atoms with E-state index in [-0.39, 0.29) is 41.3 Å². The molecule has 2 saturated carbocycles. The Morgan fingerprint density at radius 2 is 1.73 bits per heavy atom. The molecule has 0 aromatic heterocycles. The number of likely N-dealkylation sites (tertiary alicyclic amines) is 1. The van der Waals surface area contributed by atoms with Gasteiger partial charge >= 0.3 is 5.97 Å². The van der Waals surface area contributed by atoms with Gasteiger partial charge < -0.3 is 9.47 Å². The van der Waals surface area contributed by atoms with Crippen molar-refractivity contribution in [3.63, 3.8) is 0 Å². The van der Waals surface area contributed by atoms with Crippen LogP contribution in [0.2, 0.25) is 0 Å². The second-order valence-corrected chi connectivity index (χ2v) is 8.64. The summed E-state index contributed by atoms with van der Waals surface area (Å²) in [5.41, 5.74) is 0.357. The number of hydrogen-bond acceptors (Lipinski definition) is 6. The van der Waals surface area contributed by atoms with Crippen LogP contribution in [0.4, 0.5) is 0 Å². The first-order chi connectivity index (χ1) is 14.4. The van der Waals surface area contributed by atoms with Crippen LogP contribution in [0.5, 0.6) is 5.75 Å². The van der Waals surface area contributed by atoms with E-state index in [1.807, 2.05) is 0 Å². The van der Waals surface area contributed by atoms with Crippen LogP contribution in [-0.4, -0.2) is 48.2 Å². The molecule has 2 amide bonds. The minimum atomic E-state index is -1.05. The fourth-order valence-electron chi connectivity index (χ4n) is 5.60. The van der Waals surface area contributed by atoms with Gasteiger partial charge in [0.15, 0.2) is 12.4 Å². The zero-order valence-electron chi connectivity index (χ0n) is 16.8. The smallest absolute Gasteiger partial charge is 0.329 e. The van der Waals surface area contributed by atoms with Crippen molar-refractivity contribution < 1.29 is 28.7 Å². The number of carbonyl (C=O) groups is 4. The van der Waals surface area contributed by atoms with Gasteiger partial charge in [0.1, 0.15) is 11.8 Å². The molecular weight excluding hydrogens is 386 g/mol. The maximum Gasteiger partial charge on any atom is 0.329 e. The van der Waals surface area contributed by atoms with Crippen LogP contribution >= 0.6 is 0 Å². The lowest BCUT2D eigenvalue weighted by molar-refractivity contribution is -0.157. The van der Waals surface area contributed by atoms with Crippen LogP contribution in [0.15, 0.2) is 36.4 Å². The number of ether oxygens (including phenoxy) is 2. The molecule has 156 valence electrons. The van der Waals surface area contributed by atoms with E-state index in [2.05, 4.69) is 12.2 Å². The molecule has 0 N–H and O–H groups in total. The molecule has 1 aromatic rings. The number of amides is 2. The van der Waals surface area contributed by atoms with E-state index in [1.54, 1.807) is 24.3 Å². The number of esters is 1. The Bertz CT molecular complexity index is 948. The van der Waals surface area contributed by atoms with Crippen LogP contribution in [0, 0.1) is 35.5 Å². The van der Waals surface area contributed by atoms with Gasteiger partial charge in [0, 0.05) is 5.56 Å². The lowest BCUT2D eigenvalue weighted by Crippen LogP contribution is -2.45. The first-order valence-electron chi connectivity index (χ1n) is 10.3. The van der Waals surface area contributed by atoms with Crippen molar-refractivity contribution in [2.45, 2.75) is 19.4 Å². The van der Waals surface area contributed by atoms with Crippen molar-refractivity contribution >= 4 is 23.6 Å². The lowest BCUT2D eigenvalue weighted by Gasteiger charge is -2.37. The van der Waals surface area contributed by atoms with Crippen LogP contribution in [-0.2, 0) is 19.1 Å². The van der Waals surface area contributed by atoms with Gasteiger partial charge in [-0.2, -0.15) is 0 Å². The summed E-state index contributed by atoms with van der Waals surface area (Å²) < 4.78 is 10.3. The molecule has 0 unspecified atom stereocenters. The van der Waals surface area contributed by atoms with Crippen LogP contribution in [0.1, 0.15) is 23.7 Å². The van der Waals surface area contributed by atoms with E-state index in [9.17, 15) is 19.2 Å². The quantitative estimate of drug-likeness (QED) is 0.308. The second kappa shape index (κ2) is 6.79. The first-order valence-corrected chi connectivity index (χ1v) is 10.3. The van der Waals surface area contributed by atoms with Gasteiger partial charge in [-0.15, -0.1) is 0 Å². The molecule has 5 aliphatic rings. The molecule has 1 aromatic carbocycles. The third-order valence-corrected chi connectivity index (χ3v) is 7.16. The van der Waals surface area contributed by atoms with Crippen molar-refractivity contribution in [1.82, 2.24) is 4.90 Å². The van der Waals surface area contributed by atoms with Gasteiger partial charge in [0.05, 0.1) is 18.9 Å². The Kier molecular flexibility index (Phi) is 4.31. The Labute approximate surface area is 174 Å². The highest BCUT2D eigenvalue weighted by Gasteiger charge is 2.67. The number of carbonyl (C=O) groups excluding carboxylic acids is 4. The van der Waals surface area contributed by atoms with Crippen molar-refractivity contribution in [3.05, 3.63) is 42.0 Å². The van der Waals surface area contributed by atoms with Gasteiger partial charge in [-0.05, 0) is 49.1 Å². The van der Waals surface area contributed by atoms with Gasteiger partial charge in [0.2, 0.25) is 11.8 Å². The number of imide groups is 1. The lowest BCUT2D eigenvalue weighted by atomic mass is 9.63. The van der Waals surface area contributed by atoms with Crippen molar-refractivity contribution in [3.8, 4) is 5.75 Å². The zero-order valence-corrected chi connectivity index (χ0v) is 16.8. The number of methoxy groups -OCH3 is 1. The fourth-order valence-corrected chi connectivity index (χ4v) is 5.60.